The fourth-order valence-corrected chi connectivity index (χ4v) is 17.6. The van der Waals surface area contributed by atoms with Crippen LogP contribution in [0.4, 0.5) is 23.3 Å². The smallest absolute Gasteiger partial charge is 0.394 e. The SMILES string of the molecule is CCc1cn([C@@H]2O[C@H](CO)C(O)[C@@H]2O)c(=O)nc1N.N=S=O.Nc1nc(=O)n([C@@H]2O[C@H](COP(=O)(O)OP(=O)(O)OP(=O)(O)O)C(O)[C@@H]2O)cc1CO.Nc1nc(=O)n([C@@H]2O[C@H](COP3(=O)OP(=O)(O)OP(=O)(O)O3)C(O)[C@@H]2O)cc1CO.[3H]Cc1cn([C@@H]2O[C@H](COP(=O)(Cl)Cl)C(O)[C@@H]2O)c(=O)nc1N. The third kappa shape index (κ3) is 24.8. The maximum Gasteiger partial charge on any atom is 0.492 e. The van der Waals surface area contributed by atoms with E-state index in [2.05, 4.69) is 55.1 Å². The summed E-state index contributed by atoms with van der Waals surface area (Å²) < 4.78 is 158. The van der Waals surface area contributed by atoms with Gasteiger partial charge in [-0.2, -0.15) is 45.7 Å². The third-order valence-electron chi connectivity index (χ3n) is 13.8. The summed E-state index contributed by atoms with van der Waals surface area (Å²) >= 11 is 10.2. The number of aryl methyl sites for hydroxylation is 2. The molecule has 5 saturated heterocycles. The van der Waals surface area contributed by atoms with Crippen molar-refractivity contribution in [3.05, 3.63) is 89.0 Å². The average Bonchev–Trinajstić information content (AvgIpc) is 1.25. The molecule has 5 aliphatic rings. The van der Waals surface area contributed by atoms with Crippen molar-refractivity contribution >= 4 is 110 Å². The molecular formula is C41H66Cl2N13O41P7S. The average molecular weight is 1720 g/mol. The molecule has 64 heteroatoms. The number of aliphatic hydroxyl groups is 11. The van der Waals surface area contributed by atoms with Gasteiger partial charge in [-0.25, -0.2) is 51.3 Å². The van der Waals surface area contributed by atoms with Crippen molar-refractivity contribution < 1.29 is 177 Å². The van der Waals surface area contributed by atoms with Crippen LogP contribution in [-0.4, -0.2) is 228 Å². The number of anilines is 4. The van der Waals surface area contributed by atoms with Gasteiger partial charge in [0.2, 0.25) is 0 Å². The van der Waals surface area contributed by atoms with Crippen molar-refractivity contribution in [3.63, 3.8) is 0 Å². The lowest BCUT2D eigenvalue weighted by atomic mass is 10.1. The third-order valence-corrected chi connectivity index (χ3v) is 24.0. The molecule has 20 atom stereocenters. The number of nitrogens with zero attached hydrogens (tertiary/aromatic N) is 8. The van der Waals surface area contributed by atoms with Gasteiger partial charge in [-0.05, 0) is 35.8 Å². The zero-order valence-corrected chi connectivity index (χ0v) is 60.9. The van der Waals surface area contributed by atoms with Crippen molar-refractivity contribution in [2.45, 2.75) is 132 Å². The van der Waals surface area contributed by atoms with Gasteiger partial charge in [-0.3, -0.25) is 31.9 Å². The van der Waals surface area contributed by atoms with Crippen LogP contribution in [0, 0.1) is 11.7 Å². The second-order valence-corrected chi connectivity index (χ2v) is 34.9. The summed E-state index contributed by atoms with van der Waals surface area (Å²) in [6, 6.07) is 0. The molecule has 4 aromatic rings. The van der Waals surface area contributed by atoms with E-state index >= 15 is 0 Å². The lowest BCUT2D eigenvalue weighted by Crippen LogP contribution is -2.36. The van der Waals surface area contributed by atoms with Gasteiger partial charge in [0.05, 0.1) is 39.6 Å². The normalized spacial score (nSPS) is 32.1. The van der Waals surface area contributed by atoms with Crippen LogP contribution in [0.2, 0.25) is 0 Å². The molecule has 8 unspecified atom stereocenters. The summed E-state index contributed by atoms with van der Waals surface area (Å²) in [5.74, 6) is -0.517. The molecule has 0 aliphatic carbocycles. The molecule has 0 spiro atoms. The first-order valence-electron chi connectivity index (χ1n) is 28.7. The molecule has 9 heterocycles. The van der Waals surface area contributed by atoms with Gasteiger partial charge in [0.25, 0.3) is 0 Å². The molecule has 26 N–H and O–H groups in total. The highest BCUT2D eigenvalue weighted by molar-refractivity contribution is 8.05. The minimum Gasteiger partial charge on any atom is -0.394 e. The Bertz CT molecular complexity index is 4380. The number of hydrogen-bond donors (Lipinski definition) is 22. The number of phosphoric acid groups is 6. The molecule has 0 aromatic carbocycles. The van der Waals surface area contributed by atoms with Crippen molar-refractivity contribution in [3.8, 4) is 0 Å². The van der Waals surface area contributed by atoms with E-state index in [4.69, 9.17) is 94.5 Å². The van der Waals surface area contributed by atoms with Crippen LogP contribution in [0.15, 0.2) is 44.0 Å². The lowest BCUT2D eigenvalue weighted by molar-refractivity contribution is -0.0550. The van der Waals surface area contributed by atoms with Crippen LogP contribution in [-0.2, 0) is 117 Å². The Kier molecular flexibility index (Phi) is 31.6. The Balaban J connectivity index is 0.000000254. The molecule has 4 aromatic heterocycles. The summed E-state index contributed by atoms with van der Waals surface area (Å²) in [5, 5.41) is 107. The fourth-order valence-electron chi connectivity index (χ4n) is 9.00. The van der Waals surface area contributed by atoms with Crippen molar-refractivity contribution in [2.75, 3.05) is 49.4 Å². The number of ether oxygens (including phenoxy) is 4. The number of rotatable bonds is 21. The number of halogens is 2. The van der Waals surface area contributed by atoms with E-state index in [1.807, 2.05) is 6.92 Å². The molecule has 5 aliphatic heterocycles. The Morgan fingerprint density at radius 1 is 0.543 bits per heavy atom. The predicted octanol–water partition coefficient (Wildman–Crippen LogP) is -6.08. The molecule has 9 rings (SSSR count). The van der Waals surface area contributed by atoms with Crippen LogP contribution in [0.5, 0.6) is 0 Å². The Labute approximate surface area is 598 Å². The van der Waals surface area contributed by atoms with E-state index in [1.54, 1.807) is 0 Å². The number of phosphoric ester groups is 1. The van der Waals surface area contributed by atoms with E-state index in [9.17, 15) is 117 Å². The largest absolute Gasteiger partial charge is 0.492 e. The lowest BCUT2D eigenvalue weighted by Gasteiger charge is -2.27. The van der Waals surface area contributed by atoms with Crippen molar-refractivity contribution in [2.24, 2.45) is 0 Å². The van der Waals surface area contributed by atoms with Gasteiger partial charge in [-0.15, -0.1) is 0 Å². The number of hydrogen-bond acceptors (Lipinski definition) is 44. The molecule has 0 amide bonds. The summed E-state index contributed by atoms with van der Waals surface area (Å²) in [5.41, 5.74) is 19.4. The summed E-state index contributed by atoms with van der Waals surface area (Å²) in [6.45, 7) is -2.54. The first kappa shape index (κ1) is 89.5. The van der Waals surface area contributed by atoms with Crippen LogP contribution in [0.3, 0.4) is 0 Å². The molecule has 596 valence electrons. The quantitative estimate of drug-likeness (QED) is 0.0345. The maximum atomic E-state index is 12.2. The van der Waals surface area contributed by atoms with E-state index < -0.39 is 214 Å². The summed E-state index contributed by atoms with van der Waals surface area (Å²) in [6.07, 6.45) is -21.9. The minimum atomic E-state index is -5.75. The number of nitrogen functional groups attached to an aromatic ring is 4. The molecule has 54 nitrogen and oxygen atoms in total. The van der Waals surface area contributed by atoms with Crippen LogP contribution < -0.4 is 45.7 Å². The topological polar surface area (TPSA) is 859 Å². The highest BCUT2D eigenvalue weighted by atomic mass is 35.9. The molecule has 105 heavy (non-hydrogen) atoms. The highest BCUT2D eigenvalue weighted by Gasteiger charge is 2.56. The van der Waals surface area contributed by atoms with Gasteiger partial charge in [-0.1, -0.05) is 6.92 Å². The first-order valence-corrected chi connectivity index (χ1v) is 41.1. The maximum absolute atomic E-state index is 12.2. The van der Waals surface area contributed by atoms with Gasteiger partial charge >= 0.3 is 75.8 Å². The van der Waals surface area contributed by atoms with Crippen molar-refractivity contribution in [1.82, 2.24) is 38.2 Å². The minimum absolute atomic E-state index is 0.0124. The zero-order chi connectivity index (χ0) is 80.5. The van der Waals surface area contributed by atoms with Crippen LogP contribution in [0.25, 0.3) is 0 Å². The van der Waals surface area contributed by atoms with Gasteiger partial charge in [0, 0.05) is 48.4 Å². The second kappa shape index (κ2) is 37.1. The summed E-state index contributed by atoms with van der Waals surface area (Å²) in [7, 11) is -32.5. The van der Waals surface area contributed by atoms with Gasteiger partial charge < -0.3 is 132 Å². The molecule has 0 radical (unpaired) electrons. The van der Waals surface area contributed by atoms with Crippen LogP contribution >= 0.6 is 75.5 Å². The van der Waals surface area contributed by atoms with Gasteiger partial charge in [0.15, 0.2) is 36.4 Å². The first-order chi connectivity index (χ1) is 48.8. The van der Waals surface area contributed by atoms with E-state index in [0.29, 0.717) is 16.6 Å². The van der Waals surface area contributed by atoms with E-state index in [0.717, 1.165) is 26.1 Å². The molecule has 5 fully saturated rings. The molecule has 0 bridgehead atoms. The molecule has 0 saturated carbocycles. The number of nitrogens with two attached hydrogens (primary N) is 4. The van der Waals surface area contributed by atoms with E-state index in [-0.39, 0.29) is 58.3 Å². The van der Waals surface area contributed by atoms with Gasteiger partial charge in [0.1, 0.15) is 96.5 Å². The Morgan fingerprint density at radius 3 is 1.22 bits per heavy atom. The van der Waals surface area contributed by atoms with Crippen molar-refractivity contribution in [1.29, 1.82) is 4.78 Å². The molecular weight excluding hydrogens is 1650 g/mol. The predicted molar refractivity (Wildman–Crippen MR) is 341 cm³/mol. The van der Waals surface area contributed by atoms with Crippen LogP contribution in [0.1, 0.15) is 55.5 Å². The second-order valence-electron chi connectivity index (χ2n) is 21.0. The number of aromatic nitrogens is 8. The summed E-state index contributed by atoms with van der Waals surface area (Å²) in [4.78, 5) is 115. The highest BCUT2D eigenvalue weighted by Crippen LogP contribution is 2.80. The fraction of sp³-hybridized carbons (Fsp3) is 0.610. The monoisotopic (exact) mass is 1720 g/mol. The number of nitrogens with one attached hydrogen (secondary N) is 1. The Hall–Kier alpha value is -4.43. The zero-order valence-electron chi connectivity index (χ0n) is 53.3. The number of aliphatic hydroxyl groups excluding tert-OH is 11. The Morgan fingerprint density at radius 2 is 0.876 bits per heavy atom. The van der Waals surface area contributed by atoms with E-state index in [1.165, 1.54) is 12.4 Å². The standard InChI is InChI=1S/C11H17N3O5.C10H14Cl2N3O6P.C10H18N3O15P3.C10H16N3O14P3.HNOS/c1-2-5-3-14(11(18)13-9(5)12)10-8(17)7(16)6(4-15)19-10;1-4-2-15(10(18)14-8(4)13)9-7(17)6(16)5(21-9)3-20-22(11,12)19;11-8-4(2-14)1-13(10(17)12-8)9-7(16)6(15)5(26-9)3-25-30(21,22)28-31(23,24)27-29(18,19)20;11-8-4(2-14)1-13(10(17)12-8)9-7(16)6(15)5(24-9)3-23-30(22)26-28(18,19)25-29(20,21)27-30;1-3-2/h3,6-8,10,15-17H,2,4H2,1H3,(H2,12,13,18);2,5-7,9,16-17H,3H2,1H3,(H2,13,14,18);1,5-7,9,14-16H,2-3H2,(H,21,22)(H,23,24)(H2,11,12,17)(H2,18,19,20);1,5-7,9,14-16H,2-3H2,(H,18,19)(H,20,21)(H2,11,12,17);1H/t6-,7?,8+,10-;3*5-,6?,7+,9-;/m1111./s1/i;1T;;;.